The van der Waals surface area contributed by atoms with Crippen molar-refractivity contribution >= 4 is 5.69 Å². The number of rotatable bonds is 1. The zero-order chi connectivity index (χ0) is 10.2. The van der Waals surface area contributed by atoms with Gasteiger partial charge in [-0.2, -0.15) is 0 Å². The molecular formula is C8H7F4N. The van der Waals surface area contributed by atoms with Crippen LogP contribution in [0.1, 0.15) is 12.5 Å². The molecule has 0 heterocycles. The Morgan fingerprint density at radius 3 is 1.85 bits per heavy atom. The molecule has 0 saturated carbocycles. The summed E-state index contributed by atoms with van der Waals surface area (Å²) in [6, 6.07) is 0. The van der Waals surface area contributed by atoms with Crippen molar-refractivity contribution in [3.63, 3.8) is 0 Å². The summed E-state index contributed by atoms with van der Waals surface area (Å²) in [6.45, 7) is 1.46. The molecule has 0 aliphatic rings. The summed E-state index contributed by atoms with van der Waals surface area (Å²) in [4.78, 5) is 0. The number of nitrogens with two attached hydrogens (primary N) is 1. The number of benzene rings is 1. The maximum absolute atomic E-state index is 12.8. The van der Waals surface area contributed by atoms with Gasteiger partial charge in [0.15, 0.2) is 23.3 Å². The lowest BCUT2D eigenvalue weighted by molar-refractivity contribution is 0.407. The van der Waals surface area contributed by atoms with Gasteiger partial charge in [-0.05, 0) is 6.42 Å². The molecule has 0 radical (unpaired) electrons. The monoisotopic (exact) mass is 193 g/mol. The van der Waals surface area contributed by atoms with Gasteiger partial charge in [0.2, 0.25) is 0 Å². The number of halogens is 4. The van der Waals surface area contributed by atoms with Crippen LogP contribution in [0.4, 0.5) is 23.2 Å². The largest absolute Gasteiger partial charge is 0.396 e. The van der Waals surface area contributed by atoms with E-state index >= 15 is 0 Å². The molecule has 0 saturated heterocycles. The van der Waals surface area contributed by atoms with E-state index in [1.807, 2.05) is 0 Å². The molecule has 0 aliphatic carbocycles. The van der Waals surface area contributed by atoms with Crippen LogP contribution in [0.3, 0.4) is 0 Å². The Morgan fingerprint density at radius 1 is 0.923 bits per heavy atom. The molecule has 2 N–H and O–H groups in total. The average Bonchev–Trinajstić information content (AvgIpc) is 2.13. The van der Waals surface area contributed by atoms with E-state index in [2.05, 4.69) is 0 Å². The SMILES string of the molecule is CCc1c(N)c(F)c(F)c(F)c1F. The average molecular weight is 193 g/mol. The molecule has 0 unspecified atom stereocenters. The summed E-state index contributed by atoms with van der Waals surface area (Å²) < 4.78 is 50.6. The minimum atomic E-state index is -1.87. The topological polar surface area (TPSA) is 26.0 Å². The fraction of sp³-hybridized carbons (Fsp3) is 0.250. The minimum Gasteiger partial charge on any atom is -0.396 e. The van der Waals surface area contributed by atoms with Crippen LogP contribution in [-0.2, 0) is 6.42 Å². The molecule has 1 rings (SSSR count). The van der Waals surface area contributed by atoms with Gasteiger partial charge < -0.3 is 5.73 Å². The predicted octanol–water partition coefficient (Wildman–Crippen LogP) is 2.39. The van der Waals surface area contributed by atoms with Crippen LogP contribution in [0.2, 0.25) is 0 Å². The predicted molar refractivity (Wildman–Crippen MR) is 40.1 cm³/mol. The summed E-state index contributed by atoms with van der Waals surface area (Å²) in [6.07, 6.45) is 0.00574. The second-order valence-corrected chi connectivity index (χ2v) is 2.50. The van der Waals surface area contributed by atoms with Crippen LogP contribution in [-0.4, -0.2) is 0 Å². The van der Waals surface area contributed by atoms with Crippen molar-refractivity contribution < 1.29 is 17.6 Å². The Bertz CT molecular complexity index is 319. The smallest absolute Gasteiger partial charge is 0.199 e. The fourth-order valence-electron chi connectivity index (χ4n) is 1.04. The Kier molecular flexibility index (Phi) is 2.45. The van der Waals surface area contributed by atoms with Crippen LogP contribution in [0.25, 0.3) is 0 Å². The number of nitrogen functional groups attached to an aromatic ring is 1. The van der Waals surface area contributed by atoms with E-state index in [9.17, 15) is 17.6 Å². The van der Waals surface area contributed by atoms with E-state index in [-0.39, 0.29) is 12.0 Å². The van der Waals surface area contributed by atoms with E-state index in [0.717, 1.165) is 0 Å². The molecule has 72 valence electrons. The molecular weight excluding hydrogens is 186 g/mol. The van der Waals surface area contributed by atoms with Crippen LogP contribution in [0.15, 0.2) is 0 Å². The first kappa shape index (κ1) is 9.83. The van der Waals surface area contributed by atoms with Crippen molar-refractivity contribution in [2.45, 2.75) is 13.3 Å². The van der Waals surface area contributed by atoms with Gasteiger partial charge in [0.1, 0.15) is 0 Å². The number of hydrogen-bond acceptors (Lipinski definition) is 1. The summed E-state index contributed by atoms with van der Waals surface area (Å²) in [7, 11) is 0. The molecule has 0 aromatic heterocycles. The van der Waals surface area contributed by atoms with E-state index in [4.69, 9.17) is 5.73 Å². The van der Waals surface area contributed by atoms with Gasteiger partial charge in [-0.15, -0.1) is 0 Å². The molecule has 0 fully saturated rings. The molecule has 0 spiro atoms. The third kappa shape index (κ3) is 1.34. The van der Waals surface area contributed by atoms with E-state index in [0.29, 0.717) is 0 Å². The lowest BCUT2D eigenvalue weighted by atomic mass is 10.1. The first-order chi connectivity index (χ1) is 6.00. The van der Waals surface area contributed by atoms with Crippen LogP contribution < -0.4 is 5.73 Å². The molecule has 13 heavy (non-hydrogen) atoms. The molecule has 0 amide bonds. The first-order valence-corrected chi connectivity index (χ1v) is 3.61. The van der Waals surface area contributed by atoms with Gasteiger partial charge in [0.25, 0.3) is 0 Å². The Morgan fingerprint density at radius 2 is 1.38 bits per heavy atom. The third-order valence-corrected chi connectivity index (χ3v) is 1.76. The van der Waals surface area contributed by atoms with Crippen molar-refractivity contribution in [2.75, 3.05) is 5.73 Å². The summed E-state index contributed by atoms with van der Waals surface area (Å²) in [5.41, 5.74) is 4.04. The molecule has 1 nitrogen and oxygen atoms in total. The van der Waals surface area contributed by atoms with E-state index in [1.54, 1.807) is 0 Å². The van der Waals surface area contributed by atoms with Crippen molar-refractivity contribution in [3.05, 3.63) is 28.8 Å². The maximum Gasteiger partial charge on any atom is 0.199 e. The van der Waals surface area contributed by atoms with Crippen LogP contribution >= 0.6 is 0 Å². The van der Waals surface area contributed by atoms with Crippen molar-refractivity contribution in [2.24, 2.45) is 0 Å². The lowest BCUT2D eigenvalue weighted by Crippen LogP contribution is -2.07. The Balaban J connectivity index is 3.56. The highest BCUT2D eigenvalue weighted by atomic mass is 19.2. The highest BCUT2D eigenvalue weighted by molar-refractivity contribution is 5.49. The van der Waals surface area contributed by atoms with E-state index < -0.39 is 29.0 Å². The minimum absolute atomic E-state index is 0.00574. The molecule has 1 aromatic rings. The maximum atomic E-state index is 12.8. The summed E-state index contributed by atoms with van der Waals surface area (Å²) >= 11 is 0. The number of hydrogen-bond donors (Lipinski definition) is 1. The first-order valence-electron chi connectivity index (χ1n) is 3.61. The van der Waals surface area contributed by atoms with Gasteiger partial charge in [-0.1, -0.05) is 6.92 Å². The molecule has 5 heteroatoms. The van der Waals surface area contributed by atoms with Gasteiger partial charge >= 0.3 is 0 Å². The van der Waals surface area contributed by atoms with Crippen LogP contribution in [0.5, 0.6) is 0 Å². The zero-order valence-electron chi connectivity index (χ0n) is 6.80. The van der Waals surface area contributed by atoms with Crippen molar-refractivity contribution in [1.29, 1.82) is 0 Å². The van der Waals surface area contributed by atoms with E-state index in [1.165, 1.54) is 6.92 Å². The summed E-state index contributed by atoms with van der Waals surface area (Å²) in [5, 5.41) is 0. The normalized spacial score (nSPS) is 10.5. The highest BCUT2D eigenvalue weighted by Crippen LogP contribution is 2.26. The quantitative estimate of drug-likeness (QED) is 0.315. The Hall–Kier alpha value is -1.26. The standard InChI is InChI=1S/C8H7F4N/c1-2-3-4(9)5(10)6(11)7(12)8(3)13/h2,13H2,1H3. The Labute approximate surface area is 72.2 Å². The van der Waals surface area contributed by atoms with Gasteiger partial charge in [0, 0.05) is 5.56 Å². The highest BCUT2D eigenvalue weighted by Gasteiger charge is 2.22. The van der Waals surface area contributed by atoms with Gasteiger partial charge in [-0.25, -0.2) is 17.6 Å². The van der Waals surface area contributed by atoms with Gasteiger partial charge in [-0.3, -0.25) is 0 Å². The molecule has 0 atom stereocenters. The molecule has 0 aliphatic heterocycles. The third-order valence-electron chi connectivity index (χ3n) is 1.76. The number of anilines is 1. The fourth-order valence-corrected chi connectivity index (χ4v) is 1.04. The summed E-state index contributed by atoms with van der Waals surface area (Å²) in [5.74, 6) is -6.63. The van der Waals surface area contributed by atoms with Gasteiger partial charge in [0.05, 0.1) is 5.69 Å². The van der Waals surface area contributed by atoms with Crippen molar-refractivity contribution in [1.82, 2.24) is 0 Å². The molecule has 0 bridgehead atoms. The zero-order valence-corrected chi connectivity index (χ0v) is 6.80. The second-order valence-electron chi connectivity index (χ2n) is 2.50. The second kappa shape index (κ2) is 3.24. The van der Waals surface area contributed by atoms with Crippen molar-refractivity contribution in [3.8, 4) is 0 Å². The molecule has 1 aromatic carbocycles. The lowest BCUT2D eigenvalue weighted by Gasteiger charge is -2.07. The van der Waals surface area contributed by atoms with Crippen LogP contribution in [0, 0.1) is 23.3 Å².